The van der Waals surface area contributed by atoms with Crippen LogP contribution in [0.1, 0.15) is 24.0 Å². The molecule has 2 rings (SSSR count). The zero-order chi connectivity index (χ0) is 19.8. The molecule has 2 aromatic carbocycles. The Hall–Kier alpha value is -2.44. The van der Waals surface area contributed by atoms with Gasteiger partial charge in [0.25, 0.3) is 0 Å². The number of hydrogen-bond acceptors (Lipinski definition) is 4. The lowest BCUT2D eigenvalue weighted by molar-refractivity contribution is -0.138. The molecule has 1 amide bonds. The number of hydrogen-bond donors (Lipinski definition) is 2. The predicted octanol–water partition coefficient (Wildman–Crippen LogP) is 4.06. The first-order chi connectivity index (χ1) is 12.9. The maximum Gasteiger partial charge on any atom is 0.303 e. The van der Waals surface area contributed by atoms with E-state index >= 15 is 0 Å². The molecule has 0 aliphatic heterocycles. The van der Waals surface area contributed by atoms with Crippen molar-refractivity contribution in [1.82, 2.24) is 5.32 Å². The lowest BCUT2D eigenvalue weighted by Gasteiger charge is -2.14. The maximum atomic E-state index is 11.6. The molecule has 0 spiro atoms. The Kier molecular flexibility index (Phi) is 7.76. The van der Waals surface area contributed by atoms with Gasteiger partial charge in [0, 0.05) is 28.6 Å². The fourth-order valence-corrected chi connectivity index (χ4v) is 2.78. The van der Waals surface area contributed by atoms with Gasteiger partial charge in [-0.05, 0) is 29.8 Å². The average Bonchev–Trinajstić information content (AvgIpc) is 2.64. The highest BCUT2D eigenvalue weighted by Crippen LogP contribution is 2.31. The third-order valence-corrected chi connectivity index (χ3v) is 4.43. The minimum absolute atomic E-state index is 0.0632. The highest BCUT2D eigenvalue weighted by atomic mass is 35.5. The van der Waals surface area contributed by atoms with E-state index in [1.807, 2.05) is 0 Å². The van der Waals surface area contributed by atoms with Crippen molar-refractivity contribution in [3.63, 3.8) is 0 Å². The van der Waals surface area contributed by atoms with Crippen LogP contribution >= 0.6 is 23.2 Å². The molecule has 27 heavy (non-hydrogen) atoms. The van der Waals surface area contributed by atoms with Gasteiger partial charge in [-0.2, -0.15) is 0 Å². The Morgan fingerprint density at radius 2 is 1.78 bits per heavy atom. The number of benzene rings is 2. The number of carbonyl (C=O) groups is 2. The Bertz CT molecular complexity index is 805. The number of rotatable bonds is 9. The lowest BCUT2D eigenvalue weighted by Crippen LogP contribution is -2.23. The van der Waals surface area contributed by atoms with E-state index in [-0.39, 0.29) is 31.9 Å². The van der Waals surface area contributed by atoms with E-state index in [2.05, 4.69) is 5.32 Å². The normalized spacial score (nSPS) is 10.3. The quantitative estimate of drug-likeness (QED) is 0.649. The number of carboxylic acid groups (broad SMARTS) is 1. The van der Waals surface area contributed by atoms with E-state index < -0.39 is 5.97 Å². The molecule has 2 aromatic rings. The Morgan fingerprint density at radius 1 is 1.07 bits per heavy atom. The molecule has 144 valence electrons. The summed E-state index contributed by atoms with van der Waals surface area (Å²) >= 11 is 12.3. The molecule has 0 aromatic heterocycles. The van der Waals surface area contributed by atoms with Crippen LogP contribution in [0.4, 0.5) is 0 Å². The standard InChI is InChI=1S/C19H19Cl2NO5/c1-26-17-9-12(10-22-18(23)7-8-19(24)25)5-6-16(17)27-11-13-14(20)3-2-4-15(13)21/h2-6,9H,7-8,10-11H2,1H3,(H,22,23)(H,24,25). The summed E-state index contributed by atoms with van der Waals surface area (Å²) in [6.45, 7) is 0.436. The van der Waals surface area contributed by atoms with Crippen molar-refractivity contribution in [3.05, 3.63) is 57.6 Å². The SMILES string of the molecule is COc1cc(CNC(=O)CCC(=O)O)ccc1OCc1c(Cl)cccc1Cl. The molecular weight excluding hydrogens is 393 g/mol. The second-order valence-electron chi connectivity index (χ2n) is 5.64. The summed E-state index contributed by atoms with van der Waals surface area (Å²) in [7, 11) is 1.51. The van der Waals surface area contributed by atoms with Gasteiger partial charge in [0.1, 0.15) is 6.61 Å². The van der Waals surface area contributed by atoms with Crippen LogP contribution in [-0.4, -0.2) is 24.1 Å². The predicted molar refractivity (Wildman–Crippen MR) is 103 cm³/mol. The summed E-state index contributed by atoms with van der Waals surface area (Å²) in [4.78, 5) is 22.1. The van der Waals surface area contributed by atoms with Gasteiger partial charge in [0.05, 0.1) is 13.5 Å². The van der Waals surface area contributed by atoms with Gasteiger partial charge < -0.3 is 19.9 Å². The van der Waals surface area contributed by atoms with Gasteiger partial charge in [0.15, 0.2) is 11.5 Å². The number of ether oxygens (including phenoxy) is 2. The number of nitrogens with one attached hydrogen (secondary N) is 1. The van der Waals surface area contributed by atoms with Crippen molar-refractivity contribution >= 4 is 35.1 Å². The van der Waals surface area contributed by atoms with Crippen molar-refractivity contribution in [3.8, 4) is 11.5 Å². The van der Waals surface area contributed by atoms with Crippen molar-refractivity contribution in [2.45, 2.75) is 26.0 Å². The second-order valence-corrected chi connectivity index (χ2v) is 6.46. The average molecular weight is 412 g/mol. The zero-order valence-electron chi connectivity index (χ0n) is 14.6. The van der Waals surface area contributed by atoms with Crippen LogP contribution in [0.3, 0.4) is 0 Å². The van der Waals surface area contributed by atoms with Crippen molar-refractivity contribution < 1.29 is 24.2 Å². The second kappa shape index (κ2) is 10.0. The number of halogens is 2. The molecule has 0 aliphatic carbocycles. The first-order valence-electron chi connectivity index (χ1n) is 8.11. The van der Waals surface area contributed by atoms with E-state index in [1.54, 1.807) is 36.4 Å². The summed E-state index contributed by atoms with van der Waals surface area (Å²) in [5.41, 5.74) is 1.47. The summed E-state index contributed by atoms with van der Waals surface area (Å²) < 4.78 is 11.1. The summed E-state index contributed by atoms with van der Waals surface area (Å²) in [5, 5.41) is 12.3. The molecule has 8 heteroatoms. The molecule has 0 saturated carbocycles. The summed E-state index contributed by atoms with van der Waals surface area (Å²) in [6.07, 6.45) is -0.265. The highest BCUT2D eigenvalue weighted by Gasteiger charge is 2.11. The Labute approximate surface area is 167 Å². The van der Waals surface area contributed by atoms with Gasteiger partial charge in [-0.1, -0.05) is 35.3 Å². The highest BCUT2D eigenvalue weighted by molar-refractivity contribution is 6.35. The molecule has 0 unspecified atom stereocenters. The van der Waals surface area contributed by atoms with Gasteiger partial charge in [0.2, 0.25) is 5.91 Å². The van der Waals surface area contributed by atoms with E-state index in [0.29, 0.717) is 27.1 Å². The largest absolute Gasteiger partial charge is 0.493 e. The number of carboxylic acids is 1. The fraction of sp³-hybridized carbons (Fsp3) is 0.263. The smallest absolute Gasteiger partial charge is 0.303 e. The van der Waals surface area contributed by atoms with Crippen molar-refractivity contribution in [1.29, 1.82) is 0 Å². The number of carbonyl (C=O) groups excluding carboxylic acids is 1. The van der Waals surface area contributed by atoms with E-state index in [0.717, 1.165) is 5.56 Å². The Morgan fingerprint density at radius 3 is 2.41 bits per heavy atom. The van der Waals surface area contributed by atoms with Gasteiger partial charge in [-0.15, -0.1) is 0 Å². The monoisotopic (exact) mass is 411 g/mol. The molecule has 0 aliphatic rings. The molecule has 0 saturated heterocycles. The van der Waals surface area contributed by atoms with E-state index in [9.17, 15) is 9.59 Å². The zero-order valence-corrected chi connectivity index (χ0v) is 16.1. The molecule has 0 heterocycles. The molecule has 0 bridgehead atoms. The van der Waals surface area contributed by atoms with Crippen LogP contribution in [-0.2, 0) is 22.7 Å². The van der Waals surface area contributed by atoms with Crippen LogP contribution in [0.25, 0.3) is 0 Å². The first-order valence-corrected chi connectivity index (χ1v) is 8.87. The van der Waals surface area contributed by atoms with Crippen LogP contribution < -0.4 is 14.8 Å². The van der Waals surface area contributed by atoms with Crippen LogP contribution in [0.5, 0.6) is 11.5 Å². The topological polar surface area (TPSA) is 84.9 Å². The fourth-order valence-electron chi connectivity index (χ4n) is 2.27. The third kappa shape index (κ3) is 6.34. The van der Waals surface area contributed by atoms with Crippen LogP contribution in [0, 0.1) is 0 Å². The summed E-state index contributed by atoms with van der Waals surface area (Å²) in [6, 6.07) is 10.5. The maximum absolute atomic E-state index is 11.6. The van der Waals surface area contributed by atoms with Crippen LogP contribution in [0.2, 0.25) is 10.0 Å². The number of aliphatic carboxylic acids is 1. The van der Waals surface area contributed by atoms with Gasteiger partial charge in [-0.3, -0.25) is 9.59 Å². The molecule has 0 fully saturated rings. The van der Waals surface area contributed by atoms with E-state index in [1.165, 1.54) is 7.11 Å². The lowest BCUT2D eigenvalue weighted by atomic mass is 10.2. The van der Waals surface area contributed by atoms with Gasteiger partial charge >= 0.3 is 5.97 Å². The van der Waals surface area contributed by atoms with Crippen molar-refractivity contribution in [2.24, 2.45) is 0 Å². The van der Waals surface area contributed by atoms with Gasteiger partial charge in [-0.25, -0.2) is 0 Å². The molecule has 2 N–H and O–H groups in total. The van der Waals surface area contributed by atoms with Crippen molar-refractivity contribution in [2.75, 3.05) is 7.11 Å². The minimum atomic E-state index is -1.01. The minimum Gasteiger partial charge on any atom is -0.493 e. The Balaban J connectivity index is 1.99. The molecule has 0 radical (unpaired) electrons. The molecular formula is C19H19Cl2NO5. The molecule has 6 nitrogen and oxygen atoms in total. The third-order valence-electron chi connectivity index (χ3n) is 3.72. The summed E-state index contributed by atoms with van der Waals surface area (Å²) in [5.74, 6) is -0.332. The van der Waals surface area contributed by atoms with E-state index in [4.69, 9.17) is 37.8 Å². The number of amides is 1. The first kappa shape index (κ1) is 20.9. The van der Waals surface area contributed by atoms with Crippen LogP contribution in [0.15, 0.2) is 36.4 Å². The number of methoxy groups -OCH3 is 1. The molecule has 0 atom stereocenters.